The normalized spacial score (nSPS) is 11.6. The second-order valence-corrected chi connectivity index (χ2v) is 15.7. The fraction of sp³-hybridized carbons (Fsp3) is 0.351. The molecule has 0 atom stereocenters. The molecule has 0 saturated carbocycles. The third kappa shape index (κ3) is 15.5. The molecule has 0 unspecified atom stereocenters. The summed E-state index contributed by atoms with van der Waals surface area (Å²) >= 11 is 0. The number of carbonyl (C=O) groups is 3. The van der Waals surface area contributed by atoms with Gasteiger partial charge in [0.2, 0.25) is 0 Å². The molecule has 3 aromatic rings. The number of allylic oxidation sites excluding steroid dienone is 2. The summed E-state index contributed by atoms with van der Waals surface area (Å²) in [6.45, 7) is 17.9. The van der Waals surface area contributed by atoms with Crippen LogP contribution in [0.2, 0.25) is 0 Å². The van der Waals surface area contributed by atoms with Crippen molar-refractivity contribution in [2.75, 3.05) is 0 Å². The van der Waals surface area contributed by atoms with Gasteiger partial charge in [-0.3, -0.25) is 11.2 Å². The van der Waals surface area contributed by atoms with Crippen LogP contribution >= 0.6 is 7.92 Å². The fourth-order valence-corrected chi connectivity index (χ4v) is 5.85. The van der Waals surface area contributed by atoms with E-state index in [1.165, 1.54) is 28.9 Å². The average Bonchev–Trinajstić information content (AvgIpc) is 2.89. The van der Waals surface area contributed by atoms with Crippen molar-refractivity contribution in [3.8, 4) is 0 Å². The third-order valence-corrected chi connectivity index (χ3v) is 8.77. The van der Waals surface area contributed by atoms with Gasteiger partial charge in [-0.1, -0.05) is 117 Å². The van der Waals surface area contributed by atoms with Gasteiger partial charge in [-0.25, -0.2) is 0 Å². The minimum absolute atomic E-state index is 0. The van der Waals surface area contributed by atoms with Crippen molar-refractivity contribution in [2.24, 2.45) is 16.2 Å². The summed E-state index contributed by atoms with van der Waals surface area (Å²) in [7, 11) is -0.877. The summed E-state index contributed by atoms with van der Waals surface area (Å²) in [4.78, 5) is 32.9. The number of ketones is 3. The maximum Gasteiger partial charge on any atom is 0.164 e. The van der Waals surface area contributed by atoms with Crippen LogP contribution in [-0.2, 0) is 34.8 Å². The van der Waals surface area contributed by atoms with Gasteiger partial charge in [0.1, 0.15) is 21.7 Å². The van der Waals surface area contributed by atoms with Crippen LogP contribution in [0.4, 0.5) is 0 Å². The number of Topliss-reactive ketones (excluding diaryl/α,β-unsaturated/α-hetero) is 2. The van der Waals surface area contributed by atoms with Crippen LogP contribution in [-0.4, -0.2) is 22.5 Å². The molecular weight excluding hydrogens is 646 g/mol. The van der Waals surface area contributed by atoms with Crippen LogP contribution in [0.1, 0.15) is 69.2 Å². The first-order chi connectivity index (χ1) is 19.3. The van der Waals surface area contributed by atoms with E-state index in [0.717, 1.165) is 6.42 Å². The van der Waals surface area contributed by atoms with Crippen molar-refractivity contribution >= 4 is 41.2 Å². The maximum absolute atomic E-state index is 11.5. The van der Waals surface area contributed by atoms with Gasteiger partial charge in [-0.15, -0.1) is 0 Å². The zero-order chi connectivity index (χ0) is 32.1. The Morgan fingerprint density at radius 3 is 1.14 bits per heavy atom. The molecule has 0 heterocycles. The van der Waals surface area contributed by atoms with E-state index < -0.39 is 18.8 Å². The Balaban J connectivity index is 0.000000650. The Morgan fingerprint density at radius 2 is 0.930 bits per heavy atom. The summed E-state index contributed by atoms with van der Waals surface area (Å²) in [5, 5.41) is 13.9. The number of aliphatic hydroxyl groups is 1. The van der Waals surface area contributed by atoms with Crippen molar-refractivity contribution in [3.05, 3.63) is 109 Å². The van der Waals surface area contributed by atoms with E-state index in [2.05, 4.69) is 91.0 Å². The molecule has 43 heavy (non-hydrogen) atoms. The molecule has 3 aromatic carbocycles. The molecule has 0 aliphatic rings. The van der Waals surface area contributed by atoms with Crippen LogP contribution in [0.15, 0.2) is 103 Å². The summed E-state index contributed by atoms with van der Waals surface area (Å²) < 4.78 is 0. The van der Waals surface area contributed by atoms with Crippen molar-refractivity contribution in [1.29, 1.82) is 0 Å². The third-order valence-electron chi connectivity index (χ3n) is 6.04. The molecule has 0 amide bonds. The van der Waals surface area contributed by atoms with Crippen LogP contribution in [0.3, 0.4) is 0 Å². The predicted octanol–water partition coefficient (Wildman–Crippen LogP) is 7.66. The van der Waals surface area contributed by atoms with Crippen molar-refractivity contribution in [2.45, 2.75) is 69.2 Å². The Morgan fingerprint density at radius 1 is 0.605 bits per heavy atom. The van der Waals surface area contributed by atoms with Gasteiger partial charge in [-0.2, -0.15) is 0 Å². The summed E-state index contributed by atoms with van der Waals surface area (Å²) in [5.41, 5.74) is -1.19. The van der Waals surface area contributed by atoms with Gasteiger partial charge < -0.3 is 14.7 Å². The van der Waals surface area contributed by atoms with Gasteiger partial charge >= 0.3 is 0 Å². The van der Waals surface area contributed by atoms with Crippen molar-refractivity contribution < 1.29 is 39.9 Å². The topological polar surface area (TPSA) is 71.4 Å². The van der Waals surface area contributed by atoms with Gasteiger partial charge in [0.25, 0.3) is 0 Å². The number of rotatable bonds is 6. The van der Waals surface area contributed by atoms with E-state index in [0.29, 0.717) is 0 Å². The fourth-order valence-electron chi connectivity index (χ4n) is 3.27. The summed E-state index contributed by atoms with van der Waals surface area (Å²) in [6.07, 6.45) is 2.47. The molecule has 0 radical (unpaired) electrons. The quantitative estimate of drug-likeness (QED) is 0.0719. The van der Waals surface area contributed by atoms with Crippen LogP contribution in [0, 0.1) is 22.7 Å². The SMILES string of the molecule is CC(=O)[CH-]C(=O)C(C)(C)C.CC(C)(C)C(=O)C=C(O)C(C)(C)C.[Pd].c1ccc([PH+](c2ccccc2)c2ccccc2)cc1. The molecule has 4 nitrogen and oxygen atoms in total. The van der Waals surface area contributed by atoms with Crippen molar-refractivity contribution in [3.63, 3.8) is 0 Å². The second-order valence-electron chi connectivity index (χ2n) is 13.2. The number of carbonyl (C=O) groups excluding carboxylic acids is 3. The minimum atomic E-state index is -0.877. The minimum Gasteiger partial charge on any atom is -0.512 e. The Hall–Kier alpha value is -2.83. The molecule has 0 aromatic heterocycles. The first kappa shape index (κ1) is 40.2. The van der Waals surface area contributed by atoms with E-state index in [9.17, 15) is 19.5 Å². The molecule has 0 spiro atoms. The Labute approximate surface area is 274 Å². The predicted molar refractivity (Wildman–Crippen MR) is 181 cm³/mol. The van der Waals surface area contributed by atoms with E-state index >= 15 is 0 Å². The smallest absolute Gasteiger partial charge is 0.164 e. The zero-order valence-electron chi connectivity index (χ0n) is 27.3. The second kappa shape index (κ2) is 18.1. The molecule has 0 aliphatic heterocycles. The molecule has 236 valence electrons. The molecule has 0 bridgehead atoms. The molecule has 0 saturated heterocycles. The van der Waals surface area contributed by atoms with Gasteiger partial charge in [-0.05, 0) is 48.7 Å². The van der Waals surface area contributed by atoms with E-state index in [4.69, 9.17) is 0 Å². The van der Waals surface area contributed by atoms with E-state index in [-0.39, 0.29) is 48.9 Å². The molecule has 1 N–H and O–H groups in total. The standard InChI is InChI=1S/C18H15P.C11H20O2.C8H13O2.Pd/c1-4-10-16(11-5-1)19(17-12-6-2-7-13-17)18-14-8-3-9-15-18;1-10(2,3)8(12)7-9(13)11(4,5)6;1-6(9)5-7(10)8(2,3)4;/h1-15H;7,12H,1-6H3;5H,1-4H3;/q;;-1;/p+1. The van der Waals surface area contributed by atoms with Crippen molar-refractivity contribution in [1.82, 2.24) is 0 Å². The molecular formula is C37H49O4PPd. The van der Waals surface area contributed by atoms with Crippen LogP contribution in [0.25, 0.3) is 0 Å². The summed E-state index contributed by atoms with van der Waals surface area (Å²) in [5.74, 6) is -0.188. The first-order valence-corrected chi connectivity index (χ1v) is 15.7. The van der Waals surface area contributed by atoms with Crippen LogP contribution in [0.5, 0.6) is 0 Å². The van der Waals surface area contributed by atoms with E-state index in [1.54, 1.807) is 20.8 Å². The molecule has 3 rings (SSSR count). The number of hydrogen-bond donors (Lipinski definition) is 1. The zero-order valence-corrected chi connectivity index (χ0v) is 29.9. The summed E-state index contributed by atoms with van der Waals surface area (Å²) in [6, 6.07) is 32.5. The number of benzene rings is 3. The molecule has 0 fully saturated rings. The largest absolute Gasteiger partial charge is 0.512 e. The first-order valence-electron chi connectivity index (χ1n) is 14.2. The number of aliphatic hydroxyl groups excluding tert-OH is 1. The Bertz CT molecular complexity index is 1200. The van der Waals surface area contributed by atoms with E-state index in [1.807, 2.05) is 41.5 Å². The van der Waals surface area contributed by atoms with Gasteiger partial charge in [0.15, 0.2) is 5.78 Å². The van der Waals surface area contributed by atoms with Gasteiger partial charge in [0.05, 0.1) is 7.92 Å². The molecule has 0 aliphatic carbocycles. The van der Waals surface area contributed by atoms with Gasteiger partial charge in [0, 0.05) is 48.9 Å². The monoisotopic (exact) mass is 694 g/mol. The maximum atomic E-state index is 11.5. The molecule has 6 heteroatoms. The number of hydrogen-bond acceptors (Lipinski definition) is 4. The average molecular weight is 695 g/mol. The Kier molecular flexibility index (Phi) is 16.9. The van der Waals surface area contributed by atoms with Crippen LogP contribution < -0.4 is 15.9 Å².